The van der Waals surface area contributed by atoms with Crippen LogP contribution in [0.2, 0.25) is 0 Å². The molecule has 1 amide bonds. The number of rotatable bonds is 3. The first kappa shape index (κ1) is 15.7. The van der Waals surface area contributed by atoms with Crippen molar-refractivity contribution in [3.63, 3.8) is 0 Å². The van der Waals surface area contributed by atoms with Gasteiger partial charge < -0.3 is 20.3 Å². The largest absolute Gasteiger partial charge is 0.494 e. The summed E-state index contributed by atoms with van der Waals surface area (Å²) in [5.41, 5.74) is 0.152. The van der Waals surface area contributed by atoms with Crippen molar-refractivity contribution in [2.45, 2.75) is 43.9 Å². The summed E-state index contributed by atoms with van der Waals surface area (Å²) in [7, 11) is 1.35. The van der Waals surface area contributed by atoms with Crippen molar-refractivity contribution in [1.82, 2.24) is 5.32 Å². The Hall–Kier alpha value is -1.66. The van der Waals surface area contributed by atoms with E-state index in [0.29, 0.717) is 12.8 Å². The number of amides is 1. The lowest BCUT2D eigenvalue weighted by Gasteiger charge is -2.25. The second-order valence-corrected chi connectivity index (χ2v) is 5.27. The van der Waals surface area contributed by atoms with Crippen molar-refractivity contribution >= 4 is 5.91 Å². The molecule has 1 aromatic carbocycles. The Morgan fingerprint density at radius 3 is 2.71 bits per heavy atom. The molecule has 1 saturated carbocycles. The predicted octanol–water partition coefficient (Wildman–Crippen LogP) is 1.23. The molecule has 21 heavy (non-hydrogen) atoms. The summed E-state index contributed by atoms with van der Waals surface area (Å²) >= 11 is 0. The number of methoxy groups -OCH3 is 1. The first-order chi connectivity index (χ1) is 10.0. The lowest BCUT2D eigenvalue weighted by atomic mass is 10.0. The van der Waals surface area contributed by atoms with Gasteiger partial charge in [-0.25, -0.2) is 4.39 Å². The van der Waals surface area contributed by atoms with Crippen LogP contribution in [0.5, 0.6) is 5.75 Å². The SMILES string of the molecule is COc1ccc(C(=O)N[C@@H]2CCCC[C@@H](O)[C@@H]2O)cc1F. The van der Waals surface area contributed by atoms with Crippen LogP contribution in [0.15, 0.2) is 18.2 Å². The van der Waals surface area contributed by atoms with E-state index < -0.39 is 30.0 Å². The molecule has 0 unspecified atom stereocenters. The second-order valence-electron chi connectivity index (χ2n) is 5.27. The van der Waals surface area contributed by atoms with Crippen LogP contribution in [0.1, 0.15) is 36.0 Å². The van der Waals surface area contributed by atoms with Crippen LogP contribution >= 0.6 is 0 Å². The highest BCUT2D eigenvalue weighted by Crippen LogP contribution is 2.21. The molecule has 0 aliphatic heterocycles. The van der Waals surface area contributed by atoms with Crippen molar-refractivity contribution in [2.24, 2.45) is 0 Å². The molecule has 0 aromatic heterocycles. The van der Waals surface area contributed by atoms with E-state index in [1.165, 1.54) is 19.2 Å². The molecule has 3 N–H and O–H groups in total. The Morgan fingerprint density at radius 2 is 2.05 bits per heavy atom. The summed E-state index contributed by atoms with van der Waals surface area (Å²) in [5.74, 6) is -1.03. The molecule has 116 valence electrons. The number of hydrogen-bond acceptors (Lipinski definition) is 4. The number of benzene rings is 1. The summed E-state index contributed by atoms with van der Waals surface area (Å²) in [6.45, 7) is 0. The van der Waals surface area contributed by atoms with Gasteiger partial charge in [-0.15, -0.1) is 0 Å². The van der Waals surface area contributed by atoms with Crippen LogP contribution in [0.25, 0.3) is 0 Å². The predicted molar refractivity (Wildman–Crippen MR) is 74.7 cm³/mol. The normalized spacial score (nSPS) is 26.0. The third-order valence-electron chi connectivity index (χ3n) is 3.80. The fraction of sp³-hybridized carbons (Fsp3) is 0.533. The maximum absolute atomic E-state index is 13.6. The van der Waals surface area contributed by atoms with Crippen molar-refractivity contribution in [3.8, 4) is 5.75 Å². The van der Waals surface area contributed by atoms with Crippen LogP contribution < -0.4 is 10.1 Å². The molecule has 5 nitrogen and oxygen atoms in total. The molecule has 0 heterocycles. The third-order valence-corrected chi connectivity index (χ3v) is 3.80. The zero-order valence-corrected chi connectivity index (χ0v) is 11.9. The van der Waals surface area contributed by atoms with Crippen molar-refractivity contribution in [3.05, 3.63) is 29.6 Å². The molecule has 3 atom stereocenters. The van der Waals surface area contributed by atoms with Gasteiger partial charge in [0.2, 0.25) is 0 Å². The maximum Gasteiger partial charge on any atom is 0.251 e. The number of carbonyl (C=O) groups is 1. The molecule has 0 spiro atoms. The summed E-state index contributed by atoms with van der Waals surface area (Å²) < 4.78 is 18.4. The standard InChI is InChI=1S/C15H20FNO4/c1-21-13-7-6-9(8-10(13)16)15(20)17-11-4-2-3-5-12(18)14(11)19/h6-8,11-12,14,18-19H,2-5H2,1H3,(H,17,20)/t11-,12-,14-/m1/s1. The lowest BCUT2D eigenvalue weighted by molar-refractivity contribution is -0.00124. The van der Waals surface area contributed by atoms with Gasteiger partial charge in [0, 0.05) is 5.56 Å². The summed E-state index contributed by atoms with van der Waals surface area (Å²) in [4.78, 5) is 12.1. The van der Waals surface area contributed by atoms with Gasteiger partial charge in [-0.05, 0) is 31.0 Å². The monoisotopic (exact) mass is 297 g/mol. The molecule has 6 heteroatoms. The van der Waals surface area contributed by atoms with Gasteiger partial charge in [-0.1, -0.05) is 12.8 Å². The first-order valence-corrected chi connectivity index (χ1v) is 7.03. The van der Waals surface area contributed by atoms with Crippen LogP contribution in [0, 0.1) is 5.82 Å². The number of aliphatic hydroxyl groups excluding tert-OH is 2. The van der Waals surface area contributed by atoms with Gasteiger partial charge in [0.15, 0.2) is 11.6 Å². The highest BCUT2D eigenvalue weighted by atomic mass is 19.1. The summed E-state index contributed by atoms with van der Waals surface area (Å²) in [6.07, 6.45) is 0.885. The van der Waals surface area contributed by atoms with E-state index >= 15 is 0 Å². The van der Waals surface area contributed by atoms with Gasteiger partial charge in [0.25, 0.3) is 5.91 Å². The average Bonchev–Trinajstić information content (AvgIpc) is 2.62. The minimum Gasteiger partial charge on any atom is -0.494 e. The molecule has 1 aliphatic rings. The van der Waals surface area contributed by atoms with Crippen LogP contribution in [0.3, 0.4) is 0 Å². The number of carbonyl (C=O) groups excluding carboxylic acids is 1. The second kappa shape index (κ2) is 6.87. The Morgan fingerprint density at radius 1 is 1.33 bits per heavy atom. The maximum atomic E-state index is 13.6. The fourth-order valence-electron chi connectivity index (χ4n) is 2.54. The number of hydrogen-bond donors (Lipinski definition) is 3. The molecule has 2 rings (SSSR count). The van der Waals surface area contributed by atoms with Gasteiger partial charge in [0.05, 0.1) is 25.4 Å². The third kappa shape index (κ3) is 3.71. The van der Waals surface area contributed by atoms with Crippen molar-refractivity contribution < 1.29 is 24.1 Å². The van der Waals surface area contributed by atoms with Crippen molar-refractivity contribution in [2.75, 3.05) is 7.11 Å². The van der Waals surface area contributed by atoms with Crippen molar-refractivity contribution in [1.29, 1.82) is 0 Å². The molecule has 0 saturated heterocycles. The minimum atomic E-state index is -1.00. The molecule has 0 radical (unpaired) electrons. The quantitative estimate of drug-likeness (QED) is 0.733. The van der Waals surface area contributed by atoms with Gasteiger partial charge >= 0.3 is 0 Å². The van der Waals surface area contributed by atoms with Gasteiger partial charge in [-0.2, -0.15) is 0 Å². The summed E-state index contributed by atoms with van der Waals surface area (Å²) in [6, 6.07) is 3.40. The Balaban J connectivity index is 2.08. The number of halogens is 1. The first-order valence-electron chi connectivity index (χ1n) is 7.03. The molecule has 1 aromatic rings. The topological polar surface area (TPSA) is 78.8 Å². The van der Waals surface area contributed by atoms with Gasteiger partial charge in [-0.3, -0.25) is 4.79 Å². The van der Waals surface area contributed by atoms with E-state index in [1.54, 1.807) is 0 Å². The Kier molecular flexibility index (Phi) is 5.14. The zero-order valence-electron chi connectivity index (χ0n) is 11.9. The zero-order chi connectivity index (χ0) is 15.4. The van der Waals surface area contributed by atoms with Crippen LogP contribution in [-0.4, -0.2) is 41.5 Å². The van der Waals surface area contributed by atoms with E-state index in [9.17, 15) is 19.4 Å². The minimum absolute atomic E-state index is 0.0662. The van der Waals surface area contributed by atoms with E-state index in [-0.39, 0.29) is 11.3 Å². The van der Waals surface area contributed by atoms with Crippen LogP contribution in [0.4, 0.5) is 4.39 Å². The Bertz CT molecular complexity index is 508. The lowest BCUT2D eigenvalue weighted by Crippen LogP contribution is -2.47. The molecular weight excluding hydrogens is 277 g/mol. The molecule has 1 fully saturated rings. The number of aliphatic hydroxyl groups is 2. The number of nitrogens with one attached hydrogen (secondary N) is 1. The highest BCUT2D eigenvalue weighted by Gasteiger charge is 2.30. The molecule has 0 bridgehead atoms. The van der Waals surface area contributed by atoms with Gasteiger partial charge in [0.1, 0.15) is 0 Å². The van der Waals surface area contributed by atoms with Crippen LogP contribution in [-0.2, 0) is 0 Å². The highest BCUT2D eigenvalue weighted by molar-refractivity contribution is 5.94. The van der Waals surface area contributed by atoms with E-state index in [1.807, 2.05) is 0 Å². The molecular formula is C15H20FNO4. The van der Waals surface area contributed by atoms with E-state index in [0.717, 1.165) is 18.9 Å². The number of ether oxygens (including phenoxy) is 1. The molecule has 1 aliphatic carbocycles. The average molecular weight is 297 g/mol. The smallest absolute Gasteiger partial charge is 0.251 e. The van der Waals surface area contributed by atoms with E-state index in [2.05, 4.69) is 5.32 Å². The fourth-order valence-corrected chi connectivity index (χ4v) is 2.54. The summed E-state index contributed by atoms with van der Waals surface area (Å²) in [5, 5.41) is 22.4. The Labute approximate surface area is 122 Å². The van der Waals surface area contributed by atoms with E-state index in [4.69, 9.17) is 4.74 Å².